The van der Waals surface area contributed by atoms with Crippen LogP contribution in [0.25, 0.3) is 10.6 Å². The molecule has 0 saturated heterocycles. The molecule has 4 heteroatoms. The number of hydrogen-bond donors (Lipinski definition) is 2. The molecule has 0 aliphatic rings. The zero-order valence-corrected chi connectivity index (χ0v) is 9.85. The van der Waals surface area contributed by atoms with Gasteiger partial charge in [-0.25, -0.2) is 4.98 Å². The topological polar surface area (TPSA) is 48.9 Å². The average Bonchev–Trinajstić information content (AvgIpc) is 2.69. The fourth-order valence-corrected chi connectivity index (χ4v) is 2.17. The van der Waals surface area contributed by atoms with Crippen LogP contribution < -0.4 is 0 Å². The number of nitrogens with one attached hydrogen (secondary N) is 1. The summed E-state index contributed by atoms with van der Waals surface area (Å²) in [5.74, 6) is 0.614. The van der Waals surface area contributed by atoms with Crippen molar-refractivity contribution in [3.63, 3.8) is 0 Å². The van der Waals surface area contributed by atoms with Crippen molar-refractivity contribution in [1.82, 2.24) is 9.97 Å². The van der Waals surface area contributed by atoms with E-state index in [1.807, 2.05) is 24.4 Å². The second-order valence-corrected chi connectivity index (χ2v) is 5.04. The minimum absolute atomic E-state index is 0.614. The van der Waals surface area contributed by atoms with E-state index in [0.717, 1.165) is 16.3 Å². The molecule has 0 atom stereocenters. The molecule has 2 rings (SSSR count). The molecule has 0 aliphatic carbocycles. The Morgan fingerprint density at radius 2 is 2.20 bits per heavy atom. The minimum atomic E-state index is -0.916. The Kier molecular flexibility index (Phi) is 2.40. The van der Waals surface area contributed by atoms with E-state index in [0.29, 0.717) is 5.82 Å². The van der Waals surface area contributed by atoms with E-state index < -0.39 is 5.60 Å². The number of aliphatic hydroxyl groups is 1. The van der Waals surface area contributed by atoms with Crippen LogP contribution >= 0.6 is 11.3 Å². The van der Waals surface area contributed by atoms with Crippen molar-refractivity contribution in [2.75, 3.05) is 0 Å². The van der Waals surface area contributed by atoms with E-state index in [2.05, 4.69) is 9.97 Å². The molecule has 2 aromatic heterocycles. The highest BCUT2D eigenvalue weighted by atomic mass is 32.1. The van der Waals surface area contributed by atoms with Gasteiger partial charge >= 0.3 is 0 Å². The Morgan fingerprint density at radius 3 is 2.67 bits per heavy atom. The third-order valence-electron chi connectivity index (χ3n) is 2.22. The first-order valence-corrected chi connectivity index (χ1v) is 5.70. The maximum atomic E-state index is 9.83. The summed E-state index contributed by atoms with van der Waals surface area (Å²) in [4.78, 5) is 8.67. The van der Waals surface area contributed by atoms with Gasteiger partial charge in [-0.1, -0.05) is 6.07 Å². The lowest BCUT2D eigenvalue weighted by atomic mass is 10.1. The van der Waals surface area contributed by atoms with Crippen LogP contribution in [0.2, 0.25) is 0 Å². The van der Waals surface area contributed by atoms with Gasteiger partial charge in [0.05, 0.1) is 4.88 Å². The number of nitrogens with zero attached hydrogens (tertiary/aromatic N) is 1. The van der Waals surface area contributed by atoms with Crippen molar-refractivity contribution in [3.8, 4) is 10.6 Å². The summed E-state index contributed by atoms with van der Waals surface area (Å²) in [6.45, 7) is 5.42. The first-order valence-electron chi connectivity index (χ1n) is 4.82. The Balaban J connectivity index is 2.47. The Hall–Kier alpha value is -1.13. The summed E-state index contributed by atoms with van der Waals surface area (Å²) in [6, 6.07) is 4.03. The third-order valence-corrected chi connectivity index (χ3v) is 3.10. The van der Waals surface area contributed by atoms with Gasteiger partial charge < -0.3 is 10.1 Å². The second kappa shape index (κ2) is 3.47. The van der Waals surface area contributed by atoms with Gasteiger partial charge in [-0.3, -0.25) is 0 Å². The van der Waals surface area contributed by atoms with Gasteiger partial charge in [-0.2, -0.15) is 0 Å². The predicted molar refractivity (Wildman–Crippen MR) is 61.9 cm³/mol. The van der Waals surface area contributed by atoms with Gasteiger partial charge in [0.25, 0.3) is 0 Å². The SMILES string of the molecule is Cc1[nH]c(C(C)(C)O)nc1-c1cccs1. The normalized spacial score (nSPS) is 12.0. The standard InChI is InChI=1S/C11H14N2OS/c1-7-9(8-5-4-6-15-8)13-10(12-7)11(2,3)14/h4-6,14H,1-3H3,(H,12,13). The number of aromatic amines is 1. The molecule has 0 saturated carbocycles. The molecule has 0 unspecified atom stereocenters. The van der Waals surface area contributed by atoms with Crippen LogP contribution in [0.15, 0.2) is 17.5 Å². The minimum Gasteiger partial charge on any atom is -0.383 e. The highest BCUT2D eigenvalue weighted by Gasteiger charge is 2.22. The zero-order chi connectivity index (χ0) is 11.1. The van der Waals surface area contributed by atoms with Crippen LogP contribution in [-0.2, 0) is 5.60 Å². The number of imidazole rings is 1. The fourth-order valence-electron chi connectivity index (χ4n) is 1.40. The molecule has 3 nitrogen and oxygen atoms in total. The number of aryl methyl sites for hydroxylation is 1. The van der Waals surface area contributed by atoms with Crippen LogP contribution in [0, 0.1) is 6.92 Å². The quantitative estimate of drug-likeness (QED) is 0.820. The second-order valence-electron chi connectivity index (χ2n) is 4.10. The molecule has 80 valence electrons. The molecule has 2 N–H and O–H groups in total. The summed E-state index contributed by atoms with van der Waals surface area (Å²) >= 11 is 1.65. The first kappa shape index (κ1) is 10.4. The Bertz CT molecular complexity index is 451. The van der Waals surface area contributed by atoms with Crippen molar-refractivity contribution in [2.45, 2.75) is 26.4 Å². The van der Waals surface area contributed by atoms with E-state index >= 15 is 0 Å². The number of thiophene rings is 1. The van der Waals surface area contributed by atoms with E-state index in [1.165, 1.54) is 0 Å². The maximum Gasteiger partial charge on any atom is 0.138 e. The molecule has 0 spiro atoms. The summed E-state index contributed by atoms with van der Waals surface area (Å²) in [6.07, 6.45) is 0. The number of hydrogen-bond acceptors (Lipinski definition) is 3. The van der Waals surface area contributed by atoms with Gasteiger partial charge in [0.15, 0.2) is 0 Å². The molecule has 0 aliphatic heterocycles. The molecule has 0 aromatic carbocycles. The van der Waals surface area contributed by atoms with Gasteiger partial charge in [-0.15, -0.1) is 11.3 Å². The smallest absolute Gasteiger partial charge is 0.138 e. The van der Waals surface area contributed by atoms with E-state index in [-0.39, 0.29) is 0 Å². The lowest BCUT2D eigenvalue weighted by Gasteiger charge is -2.12. The zero-order valence-electron chi connectivity index (χ0n) is 9.03. The van der Waals surface area contributed by atoms with Crippen LogP contribution in [-0.4, -0.2) is 15.1 Å². The number of rotatable bonds is 2. The molecule has 2 aromatic rings. The van der Waals surface area contributed by atoms with Gasteiger partial charge in [0.1, 0.15) is 17.1 Å². The molecule has 0 radical (unpaired) electrons. The lowest BCUT2D eigenvalue weighted by molar-refractivity contribution is 0.0696. The highest BCUT2D eigenvalue weighted by molar-refractivity contribution is 7.13. The van der Waals surface area contributed by atoms with E-state index in [9.17, 15) is 5.11 Å². The van der Waals surface area contributed by atoms with Crippen molar-refractivity contribution >= 4 is 11.3 Å². The molecular formula is C11H14N2OS. The van der Waals surface area contributed by atoms with E-state index in [1.54, 1.807) is 25.2 Å². The monoisotopic (exact) mass is 222 g/mol. The molecule has 0 bridgehead atoms. The van der Waals surface area contributed by atoms with Crippen LogP contribution in [0.5, 0.6) is 0 Å². The third kappa shape index (κ3) is 1.96. The molecule has 0 amide bonds. The van der Waals surface area contributed by atoms with Crippen LogP contribution in [0.1, 0.15) is 25.4 Å². The van der Waals surface area contributed by atoms with Gasteiger partial charge in [-0.05, 0) is 32.2 Å². The largest absolute Gasteiger partial charge is 0.383 e. The molecule has 2 heterocycles. The molecular weight excluding hydrogens is 208 g/mol. The van der Waals surface area contributed by atoms with Crippen LogP contribution in [0.3, 0.4) is 0 Å². The summed E-state index contributed by atoms with van der Waals surface area (Å²) in [5.41, 5.74) is 1.01. The first-order chi connectivity index (χ1) is 6.98. The highest BCUT2D eigenvalue weighted by Crippen LogP contribution is 2.28. The van der Waals surface area contributed by atoms with Gasteiger partial charge in [0, 0.05) is 5.69 Å². The molecule has 0 fully saturated rings. The van der Waals surface area contributed by atoms with Crippen molar-refractivity contribution in [2.24, 2.45) is 0 Å². The lowest BCUT2D eigenvalue weighted by Crippen LogP contribution is -2.17. The van der Waals surface area contributed by atoms with E-state index in [4.69, 9.17) is 0 Å². The summed E-state index contributed by atoms with van der Waals surface area (Å²) in [5, 5.41) is 11.9. The van der Waals surface area contributed by atoms with Crippen LogP contribution in [0.4, 0.5) is 0 Å². The van der Waals surface area contributed by atoms with Crippen molar-refractivity contribution in [1.29, 1.82) is 0 Å². The number of H-pyrrole nitrogens is 1. The Labute approximate surface area is 92.8 Å². The fraction of sp³-hybridized carbons (Fsp3) is 0.364. The molecule has 15 heavy (non-hydrogen) atoms. The van der Waals surface area contributed by atoms with Crippen molar-refractivity contribution in [3.05, 3.63) is 29.0 Å². The average molecular weight is 222 g/mol. The Morgan fingerprint density at radius 1 is 1.47 bits per heavy atom. The number of aromatic nitrogens is 2. The summed E-state index contributed by atoms with van der Waals surface area (Å²) in [7, 11) is 0. The van der Waals surface area contributed by atoms with Gasteiger partial charge in [0.2, 0.25) is 0 Å². The van der Waals surface area contributed by atoms with Crippen molar-refractivity contribution < 1.29 is 5.11 Å². The predicted octanol–water partition coefficient (Wildman–Crippen LogP) is 2.67. The summed E-state index contributed by atoms with van der Waals surface area (Å²) < 4.78 is 0. The maximum absolute atomic E-state index is 9.83.